The molecule has 0 amide bonds. The largest absolute Gasteiger partial charge is 0.456 e. The fourth-order valence-electron chi connectivity index (χ4n) is 8.20. The van der Waals surface area contributed by atoms with E-state index in [1.165, 1.54) is 53.2 Å². The molecule has 3 heteroatoms. The van der Waals surface area contributed by atoms with Crippen LogP contribution >= 0.6 is 11.3 Å². The summed E-state index contributed by atoms with van der Waals surface area (Å²) in [4.78, 5) is 2.39. The lowest BCUT2D eigenvalue weighted by Crippen LogP contribution is -2.10. The minimum atomic E-state index is 0.895. The van der Waals surface area contributed by atoms with E-state index in [0.29, 0.717) is 0 Å². The van der Waals surface area contributed by atoms with E-state index in [1.807, 2.05) is 23.5 Å². The summed E-state index contributed by atoms with van der Waals surface area (Å²) in [5.41, 5.74) is 12.1. The molecule has 0 radical (unpaired) electrons. The first kappa shape index (κ1) is 31.6. The summed E-state index contributed by atoms with van der Waals surface area (Å²) >= 11 is 1.86. The van der Waals surface area contributed by atoms with Crippen LogP contribution in [0.3, 0.4) is 0 Å². The highest BCUT2D eigenvalue weighted by molar-refractivity contribution is 7.25. The lowest BCUT2D eigenvalue weighted by molar-refractivity contribution is 0.669. The van der Waals surface area contributed by atoms with Gasteiger partial charge in [0.1, 0.15) is 11.2 Å². The molecule has 0 spiro atoms. The van der Waals surface area contributed by atoms with Gasteiger partial charge in [-0.05, 0) is 117 Å². The minimum absolute atomic E-state index is 0.895. The molecule has 11 rings (SSSR count). The van der Waals surface area contributed by atoms with Crippen LogP contribution in [0.1, 0.15) is 0 Å². The quantitative estimate of drug-likeness (QED) is 0.170. The number of hydrogen-bond acceptors (Lipinski definition) is 3. The van der Waals surface area contributed by atoms with Crippen molar-refractivity contribution in [2.24, 2.45) is 0 Å². The molecule has 258 valence electrons. The first-order chi connectivity index (χ1) is 27.2. The summed E-state index contributed by atoms with van der Waals surface area (Å²) in [7, 11) is 0. The number of thiophene rings is 1. The SMILES string of the molecule is c1cc(-c2ccc3ccccc3c2)cc(N(c2cccc(-c3ccc4c(c3)oc3ccccc34)c2)c2cccc(-c3cccc4sc5ccccc5c34)c2)c1. The molecule has 9 aromatic carbocycles. The number of para-hydroxylation sites is 1. The maximum absolute atomic E-state index is 6.31. The number of rotatable bonds is 6. The second-order valence-electron chi connectivity index (χ2n) is 14.1. The zero-order valence-corrected chi connectivity index (χ0v) is 30.6. The van der Waals surface area contributed by atoms with Crippen molar-refractivity contribution in [2.75, 3.05) is 4.90 Å². The van der Waals surface area contributed by atoms with Crippen LogP contribution in [0.25, 0.3) is 86.3 Å². The second-order valence-corrected chi connectivity index (χ2v) is 15.2. The van der Waals surface area contributed by atoms with Crippen molar-refractivity contribution < 1.29 is 4.42 Å². The molecule has 2 aromatic heterocycles. The number of benzene rings is 9. The van der Waals surface area contributed by atoms with Crippen LogP contribution in [0.2, 0.25) is 0 Å². The summed E-state index contributed by atoms with van der Waals surface area (Å²) in [6.45, 7) is 0. The third-order valence-electron chi connectivity index (χ3n) is 10.8. The molecule has 0 bridgehead atoms. The number of furan rings is 1. The Hall–Kier alpha value is -6.94. The molecule has 0 atom stereocenters. The molecule has 0 unspecified atom stereocenters. The van der Waals surface area contributed by atoms with Crippen molar-refractivity contribution in [3.63, 3.8) is 0 Å². The fourth-order valence-corrected chi connectivity index (χ4v) is 9.33. The van der Waals surface area contributed by atoms with Gasteiger partial charge in [-0.25, -0.2) is 0 Å². The van der Waals surface area contributed by atoms with Gasteiger partial charge in [-0.3, -0.25) is 0 Å². The fraction of sp³-hybridized carbons (Fsp3) is 0. The first-order valence-electron chi connectivity index (χ1n) is 18.7. The molecule has 0 aliphatic carbocycles. The lowest BCUT2D eigenvalue weighted by Gasteiger charge is -2.27. The Bertz CT molecular complexity index is 3240. The van der Waals surface area contributed by atoms with Crippen LogP contribution in [0.4, 0.5) is 17.1 Å². The molecule has 2 heterocycles. The predicted octanol–water partition coefficient (Wildman–Crippen LogP) is 15.6. The van der Waals surface area contributed by atoms with Crippen molar-refractivity contribution in [1.82, 2.24) is 0 Å². The summed E-state index contributed by atoms with van der Waals surface area (Å²) in [6.07, 6.45) is 0. The van der Waals surface area contributed by atoms with E-state index in [1.54, 1.807) is 0 Å². The Kier molecular flexibility index (Phi) is 7.39. The third-order valence-corrected chi connectivity index (χ3v) is 12.0. The minimum Gasteiger partial charge on any atom is -0.456 e. The highest BCUT2D eigenvalue weighted by atomic mass is 32.1. The Morgan fingerprint density at radius 1 is 0.345 bits per heavy atom. The smallest absolute Gasteiger partial charge is 0.136 e. The zero-order valence-electron chi connectivity index (χ0n) is 29.8. The van der Waals surface area contributed by atoms with E-state index in [-0.39, 0.29) is 0 Å². The Labute approximate surface area is 322 Å². The van der Waals surface area contributed by atoms with E-state index in [9.17, 15) is 0 Å². The summed E-state index contributed by atoms with van der Waals surface area (Å²) in [5.74, 6) is 0. The molecule has 11 aromatic rings. The van der Waals surface area contributed by atoms with Crippen molar-refractivity contribution in [1.29, 1.82) is 0 Å². The van der Waals surface area contributed by atoms with Crippen LogP contribution in [-0.2, 0) is 0 Å². The summed E-state index contributed by atoms with van der Waals surface area (Å²) in [5, 5.41) is 7.37. The summed E-state index contributed by atoms with van der Waals surface area (Å²) < 4.78 is 8.92. The lowest BCUT2D eigenvalue weighted by atomic mass is 9.98. The van der Waals surface area contributed by atoms with Gasteiger partial charge in [0.05, 0.1) is 0 Å². The molecule has 0 aliphatic rings. The van der Waals surface area contributed by atoms with Gasteiger partial charge in [0.2, 0.25) is 0 Å². The number of hydrogen-bond donors (Lipinski definition) is 0. The zero-order chi connectivity index (χ0) is 36.3. The highest BCUT2D eigenvalue weighted by Gasteiger charge is 2.18. The van der Waals surface area contributed by atoms with Gasteiger partial charge in [-0.2, -0.15) is 0 Å². The van der Waals surface area contributed by atoms with Crippen molar-refractivity contribution in [2.45, 2.75) is 0 Å². The normalized spacial score (nSPS) is 11.6. The van der Waals surface area contributed by atoms with Gasteiger partial charge < -0.3 is 9.32 Å². The van der Waals surface area contributed by atoms with Crippen LogP contribution in [0.5, 0.6) is 0 Å². The standard InChI is InChI=1S/C52H33NOS/c1-2-12-35-29-38(26-25-34(35)11-1)36-13-7-16-41(30-36)53(42-17-8-14-37(31-42)39-27-28-46-45-19-3-5-22-48(45)54-49(46)33-39)43-18-9-15-40(32-43)44-21-10-24-51-52(44)47-20-4-6-23-50(47)55-51/h1-33H. The van der Waals surface area contributed by atoms with Crippen molar-refractivity contribution in [3.05, 3.63) is 200 Å². The van der Waals surface area contributed by atoms with Gasteiger partial charge in [0.25, 0.3) is 0 Å². The Balaban J connectivity index is 1.07. The topological polar surface area (TPSA) is 16.4 Å². The van der Waals surface area contributed by atoms with Crippen molar-refractivity contribution in [3.8, 4) is 33.4 Å². The molecule has 0 aliphatic heterocycles. The third kappa shape index (κ3) is 5.48. The number of nitrogens with zero attached hydrogens (tertiary/aromatic N) is 1. The van der Waals surface area contributed by atoms with Gasteiger partial charge in [-0.1, -0.05) is 127 Å². The summed E-state index contributed by atoms with van der Waals surface area (Å²) in [6, 6.07) is 72.4. The maximum Gasteiger partial charge on any atom is 0.136 e. The monoisotopic (exact) mass is 719 g/mol. The number of anilines is 3. The van der Waals surface area contributed by atoms with Crippen LogP contribution in [0.15, 0.2) is 205 Å². The van der Waals surface area contributed by atoms with E-state index in [2.05, 4.69) is 193 Å². The van der Waals surface area contributed by atoms with Gasteiger partial charge in [-0.15, -0.1) is 11.3 Å². The molecule has 0 N–H and O–H groups in total. The predicted molar refractivity (Wildman–Crippen MR) is 235 cm³/mol. The van der Waals surface area contributed by atoms with Crippen LogP contribution < -0.4 is 4.90 Å². The van der Waals surface area contributed by atoms with Gasteiger partial charge >= 0.3 is 0 Å². The average Bonchev–Trinajstić information content (AvgIpc) is 3.82. The second kappa shape index (κ2) is 12.9. The number of fused-ring (bicyclic) bond motifs is 7. The Morgan fingerprint density at radius 2 is 0.909 bits per heavy atom. The van der Waals surface area contributed by atoms with E-state index in [4.69, 9.17) is 4.42 Å². The van der Waals surface area contributed by atoms with Crippen LogP contribution in [0, 0.1) is 0 Å². The molecule has 0 saturated carbocycles. The molecule has 2 nitrogen and oxygen atoms in total. The average molecular weight is 720 g/mol. The van der Waals surface area contributed by atoms with E-state index >= 15 is 0 Å². The van der Waals surface area contributed by atoms with E-state index in [0.717, 1.165) is 50.1 Å². The molecular weight excluding hydrogens is 687 g/mol. The van der Waals surface area contributed by atoms with Crippen LogP contribution in [-0.4, -0.2) is 0 Å². The molecule has 55 heavy (non-hydrogen) atoms. The molecular formula is C52H33NOS. The van der Waals surface area contributed by atoms with Gasteiger partial charge in [0, 0.05) is 48.0 Å². The first-order valence-corrected chi connectivity index (χ1v) is 19.5. The van der Waals surface area contributed by atoms with Gasteiger partial charge in [0.15, 0.2) is 0 Å². The highest BCUT2D eigenvalue weighted by Crippen LogP contribution is 2.44. The van der Waals surface area contributed by atoms with Crippen molar-refractivity contribution >= 4 is 81.3 Å². The molecule has 0 saturated heterocycles. The van der Waals surface area contributed by atoms with E-state index < -0.39 is 0 Å². The maximum atomic E-state index is 6.31. The molecule has 0 fully saturated rings. The Morgan fingerprint density at radius 3 is 1.71 bits per heavy atom.